The van der Waals surface area contributed by atoms with Gasteiger partial charge in [-0.2, -0.15) is 0 Å². The molecule has 0 aliphatic carbocycles. The number of hydrogen-bond acceptors (Lipinski definition) is 4. The third kappa shape index (κ3) is 3.45. The molecule has 0 spiro atoms. The number of fused-ring (bicyclic) bond motifs is 1. The molecule has 3 heterocycles. The van der Waals surface area contributed by atoms with Gasteiger partial charge in [0.25, 0.3) is 5.91 Å². The maximum atomic E-state index is 12.8. The molecule has 1 unspecified atom stereocenters. The minimum atomic E-state index is -0.0410. The molecule has 2 aliphatic rings. The summed E-state index contributed by atoms with van der Waals surface area (Å²) in [6.45, 7) is 7.85. The molecule has 1 aromatic rings. The van der Waals surface area contributed by atoms with E-state index in [9.17, 15) is 9.59 Å². The number of rotatable bonds is 3. The zero-order chi connectivity index (χ0) is 17.3. The van der Waals surface area contributed by atoms with Crippen molar-refractivity contribution in [1.29, 1.82) is 0 Å². The number of carbonyl (C=O) groups excluding carboxylic acids is 2. The lowest BCUT2D eigenvalue weighted by atomic mass is 9.95. The van der Waals surface area contributed by atoms with Crippen LogP contribution in [0.15, 0.2) is 6.33 Å². The van der Waals surface area contributed by atoms with Crippen LogP contribution in [-0.4, -0.2) is 70.4 Å². The first-order chi connectivity index (χ1) is 11.5. The summed E-state index contributed by atoms with van der Waals surface area (Å²) in [6, 6.07) is 0.149. The SMILES string of the molecule is CC(C)NC(=O)C1CCc2c(C(=O)N3CCN(C)CC3)ncn2C1. The number of carbonyl (C=O) groups is 2. The van der Waals surface area contributed by atoms with Crippen LogP contribution >= 0.6 is 0 Å². The summed E-state index contributed by atoms with van der Waals surface area (Å²) in [5, 5.41) is 2.98. The highest BCUT2D eigenvalue weighted by Gasteiger charge is 2.31. The summed E-state index contributed by atoms with van der Waals surface area (Å²) < 4.78 is 1.98. The molecule has 1 N–H and O–H groups in total. The Morgan fingerprint density at radius 2 is 1.96 bits per heavy atom. The van der Waals surface area contributed by atoms with Crippen LogP contribution in [0.4, 0.5) is 0 Å². The van der Waals surface area contributed by atoms with Gasteiger partial charge in [0.2, 0.25) is 5.91 Å². The number of aromatic nitrogens is 2. The average molecular weight is 333 g/mol. The van der Waals surface area contributed by atoms with Crippen LogP contribution in [0.5, 0.6) is 0 Å². The maximum Gasteiger partial charge on any atom is 0.274 e. The highest BCUT2D eigenvalue weighted by molar-refractivity contribution is 5.93. The first-order valence-electron chi connectivity index (χ1n) is 8.78. The van der Waals surface area contributed by atoms with Crippen LogP contribution in [0.25, 0.3) is 0 Å². The standard InChI is InChI=1S/C17H27N5O2/c1-12(2)19-16(23)13-4-5-14-15(18-11-22(14)10-13)17(24)21-8-6-20(3)7-9-21/h11-13H,4-10H2,1-3H3,(H,19,23). The number of piperazine rings is 1. The lowest BCUT2D eigenvalue weighted by molar-refractivity contribution is -0.126. The second-order valence-electron chi connectivity index (χ2n) is 7.19. The Balaban J connectivity index is 1.69. The Morgan fingerprint density at radius 1 is 1.25 bits per heavy atom. The molecule has 0 aromatic carbocycles. The van der Waals surface area contributed by atoms with E-state index in [0.29, 0.717) is 12.2 Å². The van der Waals surface area contributed by atoms with Crippen molar-refractivity contribution >= 4 is 11.8 Å². The molecule has 2 aliphatic heterocycles. The monoisotopic (exact) mass is 333 g/mol. The Kier molecular flexibility index (Phi) is 4.89. The number of amides is 2. The van der Waals surface area contributed by atoms with Crippen LogP contribution in [-0.2, 0) is 17.8 Å². The summed E-state index contributed by atoms with van der Waals surface area (Å²) in [4.78, 5) is 33.5. The van der Waals surface area contributed by atoms with Gasteiger partial charge in [-0.15, -0.1) is 0 Å². The molecule has 7 heteroatoms. The van der Waals surface area contributed by atoms with Crippen molar-refractivity contribution in [2.24, 2.45) is 5.92 Å². The fourth-order valence-electron chi connectivity index (χ4n) is 3.42. The van der Waals surface area contributed by atoms with Gasteiger partial charge in [0.1, 0.15) is 5.69 Å². The Bertz CT molecular complexity index is 616. The van der Waals surface area contributed by atoms with Crippen molar-refractivity contribution in [3.8, 4) is 0 Å². The Morgan fingerprint density at radius 3 is 2.62 bits per heavy atom. The fraction of sp³-hybridized carbons (Fsp3) is 0.706. The van der Waals surface area contributed by atoms with Gasteiger partial charge < -0.3 is 19.7 Å². The Labute approximate surface area is 143 Å². The molecule has 1 atom stereocenters. The normalized spacial score (nSPS) is 21.7. The highest BCUT2D eigenvalue weighted by Crippen LogP contribution is 2.24. The van der Waals surface area contributed by atoms with Crippen LogP contribution < -0.4 is 5.32 Å². The van der Waals surface area contributed by atoms with Crippen molar-refractivity contribution in [2.45, 2.75) is 39.3 Å². The first kappa shape index (κ1) is 17.0. The quantitative estimate of drug-likeness (QED) is 0.867. The molecule has 1 aromatic heterocycles. The van der Waals surface area contributed by atoms with E-state index in [1.807, 2.05) is 23.3 Å². The molecule has 1 fully saturated rings. The third-order valence-corrected chi connectivity index (χ3v) is 4.89. The second kappa shape index (κ2) is 6.93. The van der Waals surface area contributed by atoms with Crippen molar-refractivity contribution in [1.82, 2.24) is 24.7 Å². The van der Waals surface area contributed by atoms with E-state index < -0.39 is 0 Å². The largest absolute Gasteiger partial charge is 0.354 e. The van der Waals surface area contributed by atoms with Crippen molar-refractivity contribution in [3.63, 3.8) is 0 Å². The van der Waals surface area contributed by atoms with E-state index in [4.69, 9.17) is 0 Å². The van der Waals surface area contributed by atoms with Crippen LogP contribution in [0.1, 0.15) is 36.5 Å². The lowest BCUT2D eigenvalue weighted by Crippen LogP contribution is -2.47. The van der Waals surface area contributed by atoms with E-state index in [2.05, 4.69) is 22.2 Å². The average Bonchev–Trinajstić information content (AvgIpc) is 2.97. The number of likely N-dealkylation sites (N-methyl/N-ethyl adjacent to an activating group) is 1. The molecule has 24 heavy (non-hydrogen) atoms. The van der Waals surface area contributed by atoms with Gasteiger partial charge in [0.05, 0.1) is 17.9 Å². The minimum absolute atomic E-state index is 0.0296. The summed E-state index contributed by atoms with van der Waals surface area (Å²) in [5.41, 5.74) is 1.55. The van der Waals surface area contributed by atoms with Crippen LogP contribution in [0, 0.1) is 5.92 Å². The molecule has 2 amide bonds. The predicted molar refractivity (Wildman–Crippen MR) is 90.7 cm³/mol. The van der Waals surface area contributed by atoms with Crippen LogP contribution in [0.3, 0.4) is 0 Å². The van der Waals surface area contributed by atoms with E-state index in [1.54, 1.807) is 6.33 Å². The van der Waals surface area contributed by atoms with Crippen molar-refractivity contribution in [3.05, 3.63) is 17.7 Å². The highest BCUT2D eigenvalue weighted by atomic mass is 16.2. The molecule has 7 nitrogen and oxygen atoms in total. The number of hydrogen-bond donors (Lipinski definition) is 1. The van der Waals surface area contributed by atoms with E-state index >= 15 is 0 Å². The Hall–Kier alpha value is -1.89. The smallest absolute Gasteiger partial charge is 0.274 e. The van der Waals surface area contributed by atoms with Gasteiger partial charge in [-0.05, 0) is 33.7 Å². The summed E-state index contributed by atoms with van der Waals surface area (Å²) in [6.07, 6.45) is 3.21. The maximum absolute atomic E-state index is 12.8. The number of imidazole rings is 1. The van der Waals surface area contributed by atoms with Gasteiger partial charge in [0.15, 0.2) is 0 Å². The van der Waals surface area contributed by atoms with Crippen molar-refractivity contribution in [2.75, 3.05) is 33.2 Å². The summed E-state index contributed by atoms with van der Waals surface area (Å²) in [7, 11) is 2.07. The summed E-state index contributed by atoms with van der Waals surface area (Å²) in [5.74, 6) is 0.0823. The molecule has 132 valence electrons. The molecule has 0 bridgehead atoms. The van der Waals surface area contributed by atoms with Gasteiger partial charge in [-0.25, -0.2) is 4.98 Å². The molecular weight excluding hydrogens is 306 g/mol. The zero-order valence-corrected chi connectivity index (χ0v) is 14.8. The lowest BCUT2D eigenvalue weighted by Gasteiger charge is -2.32. The first-order valence-corrected chi connectivity index (χ1v) is 8.78. The molecule has 0 saturated carbocycles. The van der Waals surface area contributed by atoms with Crippen LogP contribution in [0.2, 0.25) is 0 Å². The number of nitrogens with one attached hydrogen (secondary N) is 1. The predicted octanol–water partition coefficient (Wildman–Crippen LogP) is 0.358. The second-order valence-corrected chi connectivity index (χ2v) is 7.19. The zero-order valence-electron chi connectivity index (χ0n) is 14.8. The van der Waals surface area contributed by atoms with Gasteiger partial charge >= 0.3 is 0 Å². The van der Waals surface area contributed by atoms with Gasteiger partial charge in [-0.3, -0.25) is 9.59 Å². The van der Waals surface area contributed by atoms with E-state index in [0.717, 1.165) is 44.7 Å². The molecule has 1 saturated heterocycles. The fourth-order valence-corrected chi connectivity index (χ4v) is 3.42. The topological polar surface area (TPSA) is 70.5 Å². The van der Waals surface area contributed by atoms with E-state index in [-0.39, 0.29) is 23.8 Å². The van der Waals surface area contributed by atoms with E-state index in [1.165, 1.54) is 0 Å². The van der Waals surface area contributed by atoms with Gasteiger partial charge in [0, 0.05) is 38.8 Å². The summed E-state index contributed by atoms with van der Waals surface area (Å²) >= 11 is 0. The van der Waals surface area contributed by atoms with Crippen molar-refractivity contribution < 1.29 is 9.59 Å². The van der Waals surface area contributed by atoms with Gasteiger partial charge in [-0.1, -0.05) is 0 Å². The molecule has 3 rings (SSSR count). The third-order valence-electron chi connectivity index (χ3n) is 4.89. The molecule has 0 radical (unpaired) electrons. The molecular formula is C17H27N5O2. The minimum Gasteiger partial charge on any atom is -0.354 e. The number of nitrogens with zero attached hydrogens (tertiary/aromatic N) is 4.